The van der Waals surface area contributed by atoms with E-state index in [1.807, 2.05) is 25.1 Å². The van der Waals surface area contributed by atoms with Crippen molar-refractivity contribution in [3.05, 3.63) is 35.5 Å². The first-order valence-corrected chi connectivity index (χ1v) is 5.92. The molecule has 0 amide bonds. The number of hydrogen-bond donors (Lipinski definition) is 0. The Morgan fingerprint density at radius 2 is 2.18 bits per heavy atom. The SMILES string of the molecule is Cc1c(C=O)c2ccccc2n1CC1COC1. The van der Waals surface area contributed by atoms with Crippen LogP contribution in [-0.2, 0) is 11.3 Å². The van der Waals surface area contributed by atoms with Crippen LogP contribution in [0.2, 0.25) is 0 Å². The summed E-state index contributed by atoms with van der Waals surface area (Å²) in [7, 11) is 0. The zero-order chi connectivity index (χ0) is 11.8. The molecular weight excluding hydrogens is 214 g/mol. The molecule has 0 unspecified atom stereocenters. The number of hydrogen-bond acceptors (Lipinski definition) is 2. The van der Waals surface area contributed by atoms with Crippen molar-refractivity contribution in [2.75, 3.05) is 13.2 Å². The van der Waals surface area contributed by atoms with E-state index in [0.29, 0.717) is 5.92 Å². The number of carbonyl (C=O) groups is 1. The molecule has 3 heteroatoms. The van der Waals surface area contributed by atoms with Crippen molar-refractivity contribution >= 4 is 17.2 Å². The summed E-state index contributed by atoms with van der Waals surface area (Å²) in [6.45, 7) is 4.63. The van der Waals surface area contributed by atoms with Crippen molar-refractivity contribution in [3.8, 4) is 0 Å². The summed E-state index contributed by atoms with van der Waals surface area (Å²) in [5.41, 5.74) is 3.04. The Morgan fingerprint density at radius 1 is 1.41 bits per heavy atom. The van der Waals surface area contributed by atoms with Crippen LogP contribution in [0.4, 0.5) is 0 Å². The molecule has 0 radical (unpaired) electrons. The molecule has 1 aromatic carbocycles. The zero-order valence-electron chi connectivity index (χ0n) is 9.85. The lowest BCUT2D eigenvalue weighted by Crippen LogP contribution is -2.31. The minimum Gasteiger partial charge on any atom is -0.381 e. The van der Waals surface area contributed by atoms with Crippen molar-refractivity contribution in [1.29, 1.82) is 0 Å². The number of rotatable bonds is 3. The second kappa shape index (κ2) is 4.00. The highest BCUT2D eigenvalue weighted by atomic mass is 16.5. The molecule has 0 saturated carbocycles. The van der Waals surface area contributed by atoms with Crippen molar-refractivity contribution in [2.24, 2.45) is 5.92 Å². The van der Waals surface area contributed by atoms with E-state index in [1.54, 1.807) is 0 Å². The first kappa shape index (κ1) is 10.5. The average Bonchev–Trinajstić information content (AvgIpc) is 2.56. The number of para-hydroxylation sites is 1. The van der Waals surface area contributed by atoms with Crippen LogP contribution in [0.3, 0.4) is 0 Å². The molecule has 3 nitrogen and oxygen atoms in total. The first-order valence-electron chi connectivity index (χ1n) is 5.92. The lowest BCUT2D eigenvalue weighted by Gasteiger charge is -2.27. The van der Waals surface area contributed by atoms with E-state index in [1.165, 1.54) is 0 Å². The summed E-state index contributed by atoms with van der Waals surface area (Å²) in [4.78, 5) is 11.2. The Balaban J connectivity index is 2.14. The summed E-state index contributed by atoms with van der Waals surface area (Å²) in [6, 6.07) is 8.09. The van der Waals surface area contributed by atoms with Gasteiger partial charge in [0.05, 0.1) is 13.2 Å². The number of benzene rings is 1. The number of fused-ring (bicyclic) bond motifs is 1. The van der Waals surface area contributed by atoms with Gasteiger partial charge in [-0.05, 0) is 13.0 Å². The molecule has 0 aliphatic carbocycles. The lowest BCUT2D eigenvalue weighted by atomic mass is 10.1. The fourth-order valence-corrected chi connectivity index (χ4v) is 2.49. The second-order valence-electron chi connectivity index (χ2n) is 4.65. The molecule has 2 heterocycles. The molecule has 1 aromatic heterocycles. The predicted molar refractivity (Wildman–Crippen MR) is 66.4 cm³/mol. The molecule has 0 spiro atoms. The third-order valence-electron chi connectivity index (χ3n) is 3.55. The monoisotopic (exact) mass is 229 g/mol. The Labute approximate surface area is 100.0 Å². The molecule has 17 heavy (non-hydrogen) atoms. The van der Waals surface area contributed by atoms with Crippen LogP contribution in [0.15, 0.2) is 24.3 Å². The fraction of sp³-hybridized carbons (Fsp3) is 0.357. The normalized spacial score (nSPS) is 16.1. The van der Waals surface area contributed by atoms with Gasteiger partial charge < -0.3 is 9.30 Å². The van der Waals surface area contributed by atoms with Crippen LogP contribution in [0.5, 0.6) is 0 Å². The van der Waals surface area contributed by atoms with Crippen molar-refractivity contribution < 1.29 is 9.53 Å². The molecule has 1 aliphatic heterocycles. The van der Waals surface area contributed by atoms with Crippen molar-refractivity contribution in [1.82, 2.24) is 4.57 Å². The summed E-state index contributed by atoms with van der Waals surface area (Å²) < 4.78 is 7.45. The van der Waals surface area contributed by atoms with Crippen LogP contribution < -0.4 is 0 Å². The highest BCUT2D eigenvalue weighted by Crippen LogP contribution is 2.26. The number of nitrogens with zero attached hydrogens (tertiary/aromatic N) is 1. The smallest absolute Gasteiger partial charge is 0.152 e. The molecule has 0 N–H and O–H groups in total. The van der Waals surface area contributed by atoms with E-state index < -0.39 is 0 Å². The van der Waals surface area contributed by atoms with Gasteiger partial charge in [-0.25, -0.2) is 0 Å². The maximum Gasteiger partial charge on any atom is 0.152 e. The zero-order valence-corrected chi connectivity index (χ0v) is 9.85. The standard InChI is InChI=1S/C14H15NO2/c1-10-13(7-16)12-4-2-3-5-14(12)15(10)6-11-8-17-9-11/h2-5,7,11H,6,8-9H2,1H3. The Hall–Kier alpha value is -1.61. The summed E-state index contributed by atoms with van der Waals surface area (Å²) in [5, 5.41) is 1.06. The molecule has 0 atom stereocenters. The number of aromatic nitrogens is 1. The van der Waals surface area contributed by atoms with E-state index in [4.69, 9.17) is 4.74 Å². The first-order chi connectivity index (χ1) is 8.31. The van der Waals surface area contributed by atoms with Gasteiger partial charge in [0, 0.05) is 34.6 Å². The van der Waals surface area contributed by atoms with E-state index in [2.05, 4.69) is 10.6 Å². The van der Waals surface area contributed by atoms with Gasteiger partial charge in [0.1, 0.15) is 0 Å². The van der Waals surface area contributed by atoms with E-state index >= 15 is 0 Å². The van der Waals surface area contributed by atoms with Gasteiger partial charge in [-0.1, -0.05) is 18.2 Å². The third-order valence-corrected chi connectivity index (χ3v) is 3.55. The molecule has 2 aromatic rings. The van der Waals surface area contributed by atoms with Crippen LogP contribution >= 0.6 is 0 Å². The van der Waals surface area contributed by atoms with E-state index in [0.717, 1.165) is 48.2 Å². The second-order valence-corrected chi connectivity index (χ2v) is 4.65. The Kier molecular flexibility index (Phi) is 2.48. The summed E-state index contributed by atoms with van der Waals surface area (Å²) >= 11 is 0. The van der Waals surface area contributed by atoms with Gasteiger partial charge in [0.2, 0.25) is 0 Å². The Morgan fingerprint density at radius 3 is 2.82 bits per heavy atom. The van der Waals surface area contributed by atoms with Gasteiger partial charge in [-0.15, -0.1) is 0 Å². The summed E-state index contributed by atoms with van der Waals surface area (Å²) in [5.74, 6) is 0.587. The molecule has 0 bridgehead atoms. The van der Waals surface area contributed by atoms with Gasteiger partial charge in [-0.3, -0.25) is 4.79 Å². The number of ether oxygens (including phenoxy) is 1. The summed E-state index contributed by atoms with van der Waals surface area (Å²) in [6.07, 6.45) is 0.964. The van der Waals surface area contributed by atoms with Crippen LogP contribution in [0, 0.1) is 12.8 Å². The topological polar surface area (TPSA) is 31.2 Å². The maximum absolute atomic E-state index is 11.2. The quantitative estimate of drug-likeness (QED) is 0.757. The predicted octanol–water partition coefficient (Wildman–Crippen LogP) is 2.41. The number of carbonyl (C=O) groups excluding carboxylic acids is 1. The molecule has 3 rings (SSSR count). The fourth-order valence-electron chi connectivity index (χ4n) is 2.49. The van der Waals surface area contributed by atoms with Crippen molar-refractivity contribution in [3.63, 3.8) is 0 Å². The van der Waals surface area contributed by atoms with Gasteiger partial charge >= 0.3 is 0 Å². The van der Waals surface area contributed by atoms with Gasteiger partial charge in [-0.2, -0.15) is 0 Å². The molecule has 1 aliphatic rings. The lowest BCUT2D eigenvalue weighted by molar-refractivity contribution is -0.0390. The molecule has 1 fully saturated rings. The van der Waals surface area contributed by atoms with E-state index in [9.17, 15) is 4.79 Å². The van der Waals surface area contributed by atoms with Gasteiger partial charge in [0.15, 0.2) is 6.29 Å². The number of aldehydes is 1. The minimum atomic E-state index is 0.587. The highest BCUT2D eigenvalue weighted by Gasteiger charge is 2.21. The molecule has 1 saturated heterocycles. The average molecular weight is 229 g/mol. The van der Waals surface area contributed by atoms with Gasteiger partial charge in [0.25, 0.3) is 0 Å². The van der Waals surface area contributed by atoms with Crippen LogP contribution in [0.1, 0.15) is 16.1 Å². The molecule has 88 valence electrons. The molecular formula is C14H15NO2. The van der Waals surface area contributed by atoms with Crippen LogP contribution in [-0.4, -0.2) is 24.1 Å². The maximum atomic E-state index is 11.2. The van der Waals surface area contributed by atoms with E-state index in [-0.39, 0.29) is 0 Å². The third kappa shape index (κ3) is 1.58. The van der Waals surface area contributed by atoms with Crippen molar-refractivity contribution in [2.45, 2.75) is 13.5 Å². The largest absolute Gasteiger partial charge is 0.381 e. The Bertz CT molecular complexity index is 567. The van der Waals surface area contributed by atoms with Crippen LogP contribution in [0.25, 0.3) is 10.9 Å². The highest BCUT2D eigenvalue weighted by molar-refractivity contribution is 5.99. The minimum absolute atomic E-state index is 0.587.